The van der Waals surface area contributed by atoms with Gasteiger partial charge in [0, 0.05) is 6.42 Å². The summed E-state index contributed by atoms with van der Waals surface area (Å²) >= 11 is 0. The number of carboxylic acid groups (broad SMARTS) is 1. The second-order valence-electron chi connectivity index (χ2n) is 4.99. The molecule has 118 valence electrons. The Morgan fingerprint density at radius 1 is 0.857 bits per heavy atom. The Balaban J connectivity index is -0.000000602. The van der Waals surface area contributed by atoms with Crippen LogP contribution in [0.3, 0.4) is 0 Å². The number of unbranched alkanes of at least 4 members (excludes halogenated alkanes) is 5. The molecule has 2 nitrogen and oxygen atoms in total. The van der Waals surface area contributed by atoms with Crippen molar-refractivity contribution in [3.63, 3.8) is 0 Å². The van der Waals surface area contributed by atoms with Crippen molar-refractivity contribution in [2.45, 2.75) is 71.1 Å². The number of aliphatic carboxylic acids is 1. The molecule has 0 unspecified atom stereocenters. The fraction of sp³-hybridized carbons (Fsp3) is 0.611. The van der Waals surface area contributed by atoms with Crippen molar-refractivity contribution in [3.05, 3.63) is 36.5 Å². The van der Waals surface area contributed by atoms with Gasteiger partial charge in [0.2, 0.25) is 0 Å². The molecule has 0 saturated heterocycles. The summed E-state index contributed by atoms with van der Waals surface area (Å²) in [6.07, 6.45) is 23.4. The van der Waals surface area contributed by atoms with Crippen LogP contribution in [0.5, 0.6) is 0 Å². The zero-order valence-corrected chi connectivity index (χ0v) is 18.0. The van der Waals surface area contributed by atoms with Gasteiger partial charge >= 0.3 is 54.9 Å². The van der Waals surface area contributed by atoms with Crippen LogP contribution in [-0.4, -0.2) is 60.0 Å². The van der Waals surface area contributed by atoms with Gasteiger partial charge in [0.15, 0.2) is 0 Å². The van der Waals surface area contributed by atoms with Gasteiger partial charge in [-0.15, -0.1) is 0 Å². The zero-order valence-electron chi connectivity index (χ0n) is 15.6. The van der Waals surface area contributed by atoms with E-state index in [1.54, 1.807) is 0 Å². The normalized spacial score (nSPS) is 11.5. The summed E-state index contributed by atoms with van der Waals surface area (Å²) in [6.45, 7) is 2.15. The van der Waals surface area contributed by atoms with Crippen LogP contribution in [0.15, 0.2) is 36.5 Å². The van der Waals surface area contributed by atoms with E-state index in [2.05, 4.69) is 43.4 Å². The quantitative estimate of drug-likeness (QED) is 0.244. The van der Waals surface area contributed by atoms with Gasteiger partial charge in [0.25, 0.3) is 0 Å². The average molecular weight is 418 g/mol. The van der Waals surface area contributed by atoms with Gasteiger partial charge in [-0.1, -0.05) is 62.6 Å². The molecule has 0 aromatic rings. The standard InChI is InChI=1S/C18H30O2.Ba.2H/c1-2-3-4-5-6-7-8-9-10-11-12-13-14-15-16-17-18(19)20;;;/h3-4,6-7,9-10H,2,5,8,11-17H2,1H3,(H,19,20);;;/q;+2;2*-1/b4-3-,7-6-,10-9-;;;. The van der Waals surface area contributed by atoms with Crippen molar-refractivity contribution >= 4 is 54.9 Å². The molecule has 3 heteroatoms. The average Bonchev–Trinajstić information content (AvgIpc) is 2.43. The molecule has 0 bridgehead atoms. The minimum absolute atomic E-state index is 0. The maximum absolute atomic E-state index is 10.3. The summed E-state index contributed by atoms with van der Waals surface area (Å²) in [4.78, 5) is 10.3. The first-order chi connectivity index (χ1) is 9.77. The van der Waals surface area contributed by atoms with Crippen LogP contribution in [0, 0.1) is 0 Å². The predicted molar refractivity (Wildman–Crippen MR) is 94.9 cm³/mol. The fourth-order valence-electron chi connectivity index (χ4n) is 1.90. The minimum Gasteiger partial charge on any atom is -1.00 e. The first kappa shape index (κ1) is 23.5. The van der Waals surface area contributed by atoms with Gasteiger partial charge < -0.3 is 7.96 Å². The number of allylic oxidation sites excluding steroid dienone is 6. The first-order valence-electron chi connectivity index (χ1n) is 7.94. The second kappa shape index (κ2) is 20.3. The number of hydrogen-bond donors (Lipinski definition) is 1. The van der Waals surface area contributed by atoms with E-state index in [1.165, 1.54) is 12.8 Å². The molecule has 0 amide bonds. The van der Waals surface area contributed by atoms with E-state index in [0.29, 0.717) is 6.42 Å². The number of rotatable bonds is 13. The largest absolute Gasteiger partial charge is 2.00 e. The van der Waals surface area contributed by atoms with Crippen molar-refractivity contribution in [1.82, 2.24) is 0 Å². The fourth-order valence-corrected chi connectivity index (χ4v) is 1.90. The Hall–Kier alpha value is 0.261. The van der Waals surface area contributed by atoms with E-state index in [-0.39, 0.29) is 51.7 Å². The summed E-state index contributed by atoms with van der Waals surface area (Å²) in [5, 5.41) is 8.50. The molecule has 0 radical (unpaired) electrons. The van der Waals surface area contributed by atoms with Crippen LogP contribution in [-0.2, 0) is 4.79 Å². The Bertz CT molecular complexity index is 316. The van der Waals surface area contributed by atoms with E-state index in [1.807, 2.05) is 0 Å². The zero-order chi connectivity index (χ0) is 14.9. The predicted octanol–water partition coefficient (Wildman–Crippen LogP) is 5.50. The molecular weight excluding hydrogens is 386 g/mol. The summed E-state index contributed by atoms with van der Waals surface area (Å²) in [6, 6.07) is 0. The molecule has 0 aliphatic heterocycles. The van der Waals surface area contributed by atoms with Crippen molar-refractivity contribution in [3.8, 4) is 0 Å². The van der Waals surface area contributed by atoms with Crippen LogP contribution >= 0.6 is 0 Å². The van der Waals surface area contributed by atoms with E-state index in [0.717, 1.165) is 44.9 Å². The molecular formula is C18H32BaO2. The van der Waals surface area contributed by atoms with Gasteiger partial charge in [-0.2, -0.15) is 0 Å². The van der Waals surface area contributed by atoms with E-state index in [9.17, 15) is 4.79 Å². The van der Waals surface area contributed by atoms with Gasteiger partial charge in [-0.25, -0.2) is 0 Å². The smallest absolute Gasteiger partial charge is 1.00 e. The Labute approximate surface area is 173 Å². The minimum atomic E-state index is -0.675. The van der Waals surface area contributed by atoms with E-state index >= 15 is 0 Å². The molecule has 21 heavy (non-hydrogen) atoms. The maximum atomic E-state index is 10.3. The molecule has 0 aromatic carbocycles. The van der Waals surface area contributed by atoms with Crippen LogP contribution in [0.25, 0.3) is 0 Å². The maximum Gasteiger partial charge on any atom is 2.00 e. The van der Waals surface area contributed by atoms with Gasteiger partial charge in [-0.3, -0.25) is 4.79 Å². The SMILES string of the molecule is CC/C=C\C/C=C\C/C=C\CCCCCCCC(=O)O.[Ba+2].[H-].[H-]. The topological polar surface area (TPSA) is 37.3 Å². The van der Waals surface area contributed by atoms with Crippen molar-refractivity contribution in [2.75, 3.05) is 0 Å². The summed E-state index contributed by atoms with van der Waals surface area (Å²) < 4.78 is 0. The van der Waals surface area contributed by atoms with Crippen molar-refractivity contribution in [2.24, 2.45) is 0 Å². The van der Waals surface area contributed by atoms with E-state index in [4.69, 9.17) is 5.11 Å². The molecule has 1 N–H and O–H groups in total. The van der Waals surface area contributed by atoms with Crippen LogP contribution in [0.1, 0.15) is 74.0 Å². The molecule has 0 aromatic heterocycles. The van der Waals surface area contributed by atoms with Gasteiger partial charge in [0.05, 0.1) is 0 Å². The molecule has 0 heterocycles. The molecule has 0 atom stereocenters. The molecule has 0 aliphatic carbocycles. The van der Waals surface area contributed by atoms with Crippen molar-refractivity contribution < 1.29 is 12.8 Å². The number of carbonyl (C=O) groups is 1. The summed E-state index contributed by atoms with van der Waals surface area (Å²) in [5.74, 6) is -0.675. The summed E-state index contributed by atoms with van der Waals surface area (Å²) in [5.41, 5.74) is 0. The third-order valence-electron chi connectivity index (χ3n) is 3.04. The molecule has 0 fully saturated rings. The van der Waals surface area contributed by atoms with Crippen LogP contribution in [0.4, 0.5) is 0 Å². The Morgan fingerprint density at radius 2 is 1.38 bits per heavy atom. The molecule has 0 saturated carbocycles. The van der Waals surface area contributed by atoms with E-state index < -0.39 is 5.97 Å². The number of hydrogen-bond acceptors (Lipinski definition) is 1. The second-order valence-corrected chi connectivity index (χ2v) is 4.99. The van der Waals surface area contributed by atoms with Gasteiger partial charge in [0.1, 0.15) is 0 Å². The van der Waals surface area contributed by atoms with Crippen LogP contribution < -0.4 is 0 Å². The number of carboxylic acids is 1. The summed E-state index contributed by atoms with van der Waals surface area (Å²) in [7, 11) is 0. The third-order valence-corrected chi connectivity index (χ3v) is 3.04. The molecule has 0 rings (SSSR count). The van der Waals surface area contributed by atoms with Crippen LogP contribution in [0.2, 0.25) is 0 Å². The monoisotopic (exact) mass is 418 g/mol. The van der Waals surface area contributed by atoms with Crippen molar-refractivity contribution in [1.29, 1.82) is 0 Å². The molecule has 0 aliphatic rings. The Kier molecular flexibility index (Phi) is 22.7. The Morgan fingerprint density at radius 3 is 2.00 bits per heavy atom. The molecule has 0 spiro atoms. The third kappa shape index (κ3) is 22.7. The van der Waals surface area contributed by atoms with Gasteiger partial charge in [-0.05, 0) is 38.5 Å². The first-order valence-corrected chi connectivity index (χ1v) is 7.94.